The van der Waals surface area contributed by atoms with E-state index in [-0.39, 0.29) is 6.04 Å². The van der Waals surface area contributed by atoms with Gasteiger partial charge in [0.1, 0.15) is 0 Å². The Hall–Kier alpha value is -7.47. The number of hydrogen-bond acceptors (Lipinski definition) is 3. The largest absolute Gasteiger partial charge is 0.371 e. The van der Waals surface area contributed by atoms with Crippen molar-refractivity contribution in [3.63, 3.8) is 0 Å². The van der Waals surface area contributed by atoms with Crippen molar-refractivity contribution < 1.29 is 0 Å². The molecule has 0 spiro atoms. The molecule has 4 nitrogen and oxygen atoms in total. The number of rotatable bonds is 4. The quantitative estimate of drug-likeness (QED) is 0.189. The van der Waals surface area contributed by atoms with Gasteiger partial charge in [0.05, 0.1) is 45.2 Å². The Morgan fingerprint density at radius 1 is 0.508 bits per heavy atom. The van der Waals surface area contributed by atoms with Gasteiger partial charge in [-0.15, -0.1) is 11.3 Å². The molecular formula is C56H36N4S. The monoisotopic (exact) mass is 796 g/mol. The third kappa shape index (κ3) is 4.78. The average molecular weight is 797 g/mol. The van der Waals surface area contributed by atoms with Crippen LogP contribution in [0.15, 0.2) is 198 Å². The molecule has 1 aliphatic heterocycles. The van der Waals surface area contributed by atoms with Crippen molar-refractivity contribution >= 4 is 102 Å². The maximum atomic E-state index is 5.49. The second-order valence-corrected chi connectivity index (χ2v) is 17.7. The number of aromatic nitrogens is 2. The van der Waals surface area contributed by atoms with Crippen LogP contribution >= 0.6 is 11.3 Å². The Bertz CT molecular complexity index is 3810. The first-order valence-corrected chi connectivity index (χ1v) is 22.0. The van der Waals surface area contributed by atoms with Crippen LogP contribution in [0.4, 0.5) is 0 Å². The van der Waals surface area contributed by atoms with Crippen LogP contribution in [-0.4, -0.2) is 14.8 Å². The topological polar surface area (TPSA) is 34.2 Å². The summed E-state index contributed by atoms with van der Waals surface area (Å²) in [5, 5.41) is 16.9. The van der Waals surface area contributed by atoms with Crippen LogP contribution in [0.5, 0.6) is 0 Å². The molecule has 0 amide bonds. The second-order valence-electron chi connectivity index (χ2n) is 16.7. The lowest BCUT2D eigenvalue weighted by molar-refractivity contribution is 0.710. The molecule has 12 aromatic rings. The van der Waals surface area contributed by atoms with Crippen LogP contribution in [0.1, 0.15) is 30.0 Å². The first kappa shape index (κ1) is 33.4. The third-order valence-electron chi connectivity index (χ3n) is 13.3. The minimum Gasteiger partial charge on any atom is -0.371 e. The normalized spacial score (nSPS) is 15.7. The highest BCUT2D eigenvalue weighted by molar-refractivity contribution is 7.24. The van der Waals surface area contributed by atoms with Gasteiger partial charge >= 0.3 is 0 Å². The van der Waals surface area contributed by atoms with Gasteiger partial charge in [-0.1, -0.05) is 103 Å². The Kier molecular flexibility index (Phi) is 6.85. The first-order valence-electron chi connectivity index (χ1n) is 21.2. The van der Waals surface area contributed by atoms with Gasteiger partial charge in [-0.25, -0.2) is 0 Å². The van der Waals surface area contributed by atoms with Crippen molar-refractivity contribution in [1.82, 2.24) is 14.5 Å². The lowest BCUT2D eigenvalue weighted by Gasteiger charge is -2.30. The fourth-order valence-electron chi connectivity index (χ4n) is 10.6. The molecule has 0 saturated heterocycles. The van der Waals surface area contributed by atoms with E-state index in [0.29, 0.717) is 0 Å². The van der Waals surface area contributed by atoms with E-state index in [1.165, 1.54) is 96.6 Å². The Labute approximate surface area is 354 Å². The summed E-state index contributed by atoms with van der Waals surface area (Å²) in [7, 11) is 0. The van der Waals surface area contributed by atoms with Gasteiger partial charge < -0.3 is 14.5 Å². The molecule has 1 unspecified atom stereocenters. The highest BCUT2D eigenvalue weighted by Gasteiger charge is 2.28. The summed E-state index contributed by atoms with van der Waals surface area (Å²) in [5.74, 6) is 0. The molecule has 0 fully saturated rings. The van der Waals surface area contributed by atoms with E-state index in [1.807, 2.05) is 11.3 Å². The molecule has 1 aliphatic carbocycles. The summed E-state index contributed by atoms with van der Waals surface area (Å²) in [4.78, 5) is 5.49. The summed E-state index contributed by atoms with van der Waals surface area (Å²) >= 11 is 1.90. The summed E-state index contributed by atoms with van der Waals surface area (Å²) in [5.41, 5.74) is 12.9. The van der Waals surface area contributed by atoms with Crippen molar-refractivity contribution in [2.24, 2.45) is 4.99 Å². The maximum Gasteiger partial charge on any atom is 0.0947 e. The van der Waals surface area contributed by atoms with Crippen LogP contribution in [0.25, 0.3) is 96.7 Å². The number of benzene rings is 9. The highest BCUT2D eigenvalue weighted by atomic mass is 32.1. The number of allylic oxidation sites excluding steroid dienone is 3. The van der Waals surface area contributed by atoms with Crippen molar-refractivity contribution in [3.8, 4) is 11.4 Å². The van der Waals surface area contributed by atoms with Crippen LogP contribution in [0.2, 0.25) is 0 Å². The fraction of sp³-hybridized carbons (Fsp3) is 0.0536. The van der Waals surface area contributed by atoms with Crippen molar-refractivity contribution in [2.45, 2.75) is 18.9 Å². The van der Waals surface area contributed by atoms with E-state index >= 15 is 0 Å². The number of hydrogen-bond donors (Lipinski definition) is 1. The Balaban J connectivity index is 0.917. The van der Waals surface area contributed by atoms with Crippen molar-refractivity contribution in [3.05, 3.63) is 205 Å². The standard InChI is InChI=1S/C56H36N4S/c1-2-12-39(13-3-1)59-45-17-7-4-14-41(45)42-32-38(25-27-46(42)59)56-55(57-43-15-5-6-16-44(43)58-56)37-21-20-36-31-40(26-22-35(36)30-37)60-47-28-23-33-10-8-18-49-51(33)53(47)54-48(60)29-24-34-11-9-19-50(61-49)52(34)54/h1-5,7-15,17-32,55,57H,6,16H2. The fourth-order valence-corrected chi connectivity index (χ4v) is 11.8. The molecule has 286 valence electrons. The van der Waals surface area contributed by atoms with Crippen LogP contribution in [0, 0.1) is 0 Å². The van der Waals surface area contributed by atoms with Crippen LogP contribution in [-0.2, 0) is 0 Å². The maximum absolute atomic E-state index is 5.49. The number of nitrogens with one attached hydrogen (secondary N) is 1. The predicted octanol–water partition coefficient (Wildman–Crippen LogP) is 14.7. The van der Waals surface area contributed by atoms with Gasteiger partial charge in [-0.3, -0.25) is 4.99 Å². The molecule has 4 heterocycles. The lowest BCUT2D eigenvalue weighted by Crippen LogP contribution is -2.33. The summed E-state index contributed by atoms with van der Waals surface area (Å²) in [6, 6.07) is 62.9. The zero-order valence-corrected chi connectivity index (χ0v) is 33.9. The molecule has 61 heavy (non-hydrogen) atoms. The zero-order chi connectivity index (χ0) is 39.8. The summed E-state index contributed by atoms with van der Waals surface area (Å²) in [6.45, 7) is 0. The zero-order valence-electron chi connectivity index (χ0n) is 33.1. The van der Waals surface area contributed by atoms with Gasteiger partial charge in [-0.05, 0) is 124 Å². The molecule has 3 aromatic heterocycles. The summed E-state index contributed by atoms with van der Waals surface area (Å²) in [6.07, 6.45) is 6.42. The highest BCUT2D eigenvalue weighted by Crippen LogP contribution is 2.46. The van der Waals surface area contributed by atoms with Crippen LogP contribution in [0.3, 0.4) is 0 Å². The molecule has 5 heteroatoms. The average Bonchev–Trinajstić information content (AvgIpc) is 3.78. The number of aliphatic imine (C=N–C) groups is 1. The lowest BCUT2D eigenvalue weighted by atomic mass is 9.91. The van der Waals surface area contributed by atoms with Crippen molar-refractivity contribution in [2.75, 3.05) is 0 Å². The van der Waals surface area contributed by atoms with Gasteiger partial charge in [0.25, 0.3) is 0 Å². The minimum absolute atomic E-state index is 0.115. The molecule has 0 saturated carbocycles. The third-order valence-corrected chi connectivity index (χ3v) is 14.4. The molecule has 1 N–H and O–H groups in total. The van der Waals surface area contributed by atoms with E-state index < -0.39 is 0 Å². The smallest absolute Gasteiger partial charge is 0.0947 e. The Morgan fingerprint density at radius 3 is 1.98 bits per heavy atom. The van der Waals surface area contributed by atoms with Gasteiger partial charge in [0.15, 0.2) is 0 Å². The van der Waals surface area contributed by atoms with E-state index in [4.69, 9.17) is 4.99 Å². The SMILES string of the molecule is C1=CC2=C(CC1)N=C(c1ccc3c(c1)c1ccccc1n3-c1ccccc1)C(c1ccc3cc(-n4c5ccc6cccc7sc8cccc9ccc4c(c98)c5c67)ccc3c1)N2. The van der Waals surface area contributed by atoms with E-state index in [9.17, 15) is 0 Å². The molecule has 1 atom stereocenters. The minimum atomic E-state index is -0.115. The Morgan fingerprint density at radius 2 is 1.18 bits per heavy atom. The second kappa shape index (κ2) is 12.5. The molecule has 0 radical (unpaired) electrons. The number of nitrogens with zero attached hydrogens (tertiary/aromatic N) is 3. The molecule has 14 rings (SSSR count). The predicted molar refractivity (Wildman–Crippen MR) is 258 cm³/mol. The van der Waals surface area contributed by atoms with Gasteiger partial charge in [0.2, 0.25) is 0 Å². The van der Waals surface area contributed by atoms with E-state index in [0.717, 1.165) is 41.2 Å². The molecule has 9 aromatic carbocycles. The number of para-hydroxylation sites is 2. The van der Waals surface area contributed by atoms with E-state index in [2.05, 4.69) is 196 Å². The molecule has 0 bridgehead atoms. The van der Waals surface area contributed by atoms with Gasteiger partial charge in [-0.2, -0.15) is 0 Å². The van der Waals surface area contributed by atoms with Gasteiger partial charge in [0, 0.05) is 53.1 Å². The van der Waals surface area contributed by atoms with E-state index in [1.54, 1.807) is 0 Å². The molecule has 2 aliphatic rings. The number of fused-ring (bicyclic) bond motifs is 4. The van der Waals surface area contributed by atoms with Crippen LogP contribution < -0.4 is 5.32 Å². The summed E-state index contributed by atoms with van der Waals surface area (Å²) < 4.78 is 7.51. The first-order chi connectivity index (χ1) is 30.2. The molecular weight excluding hydrogens is 761 g/mol. The van der Waals surface area contributed by atoms with Crippen molar-refractivity contribution in [1.29, 1.82) is 0 Å².